The van der Waals surface area contributed by atoms with E-state index in [0.29, 0.717) is 12.5 Å². The topological polar surface area (TPSA) is 20.2 Å². The Balaban J connectivity index is 2.39. The Kier molecular flexibility index (Phi) is 2.29. The van der Waals surface area contributed by atoms with Gasteiger partial charge in [0.1, 0.15) is 0 Å². The van der Waals surface area contributed by atoms with Crippen molar-refractivity contribution >= 4 is 0 Å². The molecule has 0 aromatic rings. The highest BCUT2D eigenvalue weighted by molar-refractivity contribution is 5.02. The Morgan fingerprint density at radius 2 is 2.56 bits per heavy atom. The molecule has 1 rings (SSSR count). The SMILES string of the molecule is CC1=CCCC(CO)C1. The lowest BCUT2D eigenvalue weighted by Gasteiger charge is -2.17. The first-order valence-electron chi connectivity index (χ1n) is 3.59. The maximum Gasteiger partial charge on any atom is 0.0462 e. The van der Waals surface area contributed by atoms with Gasteiger partial charge < -0.3 is 5.11 Å². The molecule has 1 N–H and O–H groups in total. The van der Waals surface area contributed by atoms with Gasteiger partial charge >= 0.3 is 0 Å². The van der Waals surface area contributed by atoms with Crippen LogP contribution in [0.4, 0.5) is 0 Å². The molecule has 0 saturated heterocycles. The zero-order chi connectivity index (χ0) is 6.69. The molecule has 0 aromatic carbocycles. The van der Waals surface area contributed by atoms with Crippen molar-refractivity contribution in [3.05, 3.63) is 11.6 Å². The molecule has 0 saturated carbocycles. The van der Waals surface area contributed by atoms with Crippen LogP contribution in [-0.2, 0) is 0 Å². The first kappa shape index (κ1) is 6.81. The molecule has 1 heteroatoms. The third-order valence-corrected chi connectivity index (χ3v) is 1.94. The molecule has 1 aliphatic carbocycles. The summed E-state index contributed by atoms with van der Waals surface area (Å²) < 4.78 is 0. The van der Waals surface area contributed by atoms with Crippen LogP contribution in [-0.4, -0.2) is 11.7 Å². The molecule has 0 fully saturated rings. The Morgan fingerprint density at radius 3 is 3.00 bits per heavy atom. The summed E-state index contributed by atoms with van der Waals surface area (Å²) in [5.74, 6) is 0.551. The lowest BCUT2D eigenvalue weighted by molar-refractivity contribution is 0.215. The van der Waals surface area contributed by atoms with Gasteiger partial charge in [0.05, 0.1) is 0 Å². The van der Waals surface area contributed by atoms with Gasteiger partial charge in [0.2, 0.25) is 0 Å². The van der Waals surface area contributed by atoms with Crippen LogP contribution < -0.4 is 0 Å². The predicted octanol–water partition coefficient (Wildman–Crippen LogP) is 1.73. The van der Waals surface area contributed by atoms with Crippen molar-refractivity contribution in [2.24, 2.45) is 5.92 Å². The van der Waals surface area contributed by atoms with Gasteiger partial charge in [0.25, 0.3) is 0 Å². The first-order valence-corrected chi connectivity index (χ1v) is 3.59. The molecule has 0 spiro atoms. The van der Waals surface area contributed by atoms with E-state index < -0.39 is 0 Å². The molecular formula is C8H14O. The molecule has 0 aromatic heterocycles. The van der Waals surface area contributed by atoms with E-state index in [1.807, 2.05) is 0 Å². The molecule has 0 radical (unpaired) electrons. The number of allylic oxidation sites excluding steroid dienone is 2. The van der Waals surface area contributed by atoms with Gasteiger partial charge in [-0.2, -0.15) is 0 Å². The van der Waals surface area contributed by atoms with Crippen LogP contribution in [0.2, 0.25) is 0 Å². The first-order chi connectivity index (χ1) is 4.33. The van der Waals surface area contributed by atoms with Crippen LogP contribution in [0, 0.1) is 5.92 Å². The van der Waals surface area contributed by atoms with Gasteiger partial charge in [-0.1, -0.05) is 11.6 Å². The minimum atomic E-state index is 0.366. The summed E-state index contributed by atoms with van der Waals surface area (Å²) in [7, 11) is 0. The molecule has 1 atom stereocenters. The van der Waals surface area contributed by atoms with Gasteiger partial charge in [-0.15, -0.1) is 0 Å². The highest BCUT2D eigenvalue weighted by Gasteiger charge is 2.10. The molecule has 1 unspecified atom stereocenters. The largest absolute Gasteiger partial charge is 0.396 e. The highest BCUT2D eigenvalue weighted by atomic mass is 16.3. The second kappa shape index (κ2) is 3.02. The zero-order valence-electron chi connectivity index (χ0n) is 5.93. The van der Waals surface area contributed by atoms with Gasteiger partial charge in [-0.25, -0.2) is 0 Å². The number of aliphatic hydroxyl groups is 1. The lowest BCUT2D eigenvalue weighted by Crippen LogP contribution is -2.09. The Hall–Kier alpha value is -0.300. The van der Waals surface area contributed by atoms with Gasteiger partial charge in [-0.05, 0) is 32.1 Å². The quantitative estimate of drug-likeness (QED) is 0.530. The van der Waals surface area contributed by atoms with E-state index in [9.17, 15) is 0 Å². The molecule has 0 amide bonds. The number of hydrogen-bond acceptors (Lipinski definition) is 1. The molecule has 1 nitrogen and oxygen atoms in total. The molecule has 0 aliphatic heterocycles. The summed E-state index contributed by atoms with van der Waals surface area (Å²) in [4.78, 5) is 0. The minimum Gasteiger partial charge on any atom is -0.396 e. The summed E-state index contributed by atoms with van der Waals surface area (Å²) in [5.41, 5.74) is 1.44. The predicted molar refractivity (Wildman–Crippen MR) is 38.2 cm³/mol. The monoisotopic (exact) mass is 126 g/mol. The molecule has 0 bridgehead atoms. The summed E-state index contributed by atoms with van der Waals surface area (Å²) in [6.07, 6.45) is 5.72. The van der Waals surface area contributed by atoms with E-state index in [-0.39, 0.29) is 0 Å². The van der Waals surface area contributed by atoms with Crippen molar-refractivity contribution in [1.29, 1.82) is 0 Å². The summed E-state index contributed by atoms with van der Waals surface area (Å²) in [6, 6.07) is 0. The average molecular weight is 126 g/mol. The Morgan fingerprint density at radius 1 is 1.78 bits per heavy atom. The minimum absolute atomic E-state index is 0.366. The van der Waals surface area contributed by atoms with Gasteiger partial charge in [0, 0.05) is 6.61 Å². The molecule has 1 aliphatic rings. The van der Waals surface area contributed by atoms with Crippen LogP contribution in [0.5, 0.6) is 0 Å². The van der Waals surface area contributed by atoms with Crippen molar-refractivity contribution < 1.29 is 5.11 Å². The van der Waals surface area contributed by atoms with E-state index in [2.05, 4.69) is 13.0 Å². The van der Waals surface area contributed by atoms with Gasteiger partial charge in [0.15, 0.2) is 0 Å². The number of aliphatic hydroxyl groups excluding tert-OH is 1. The molecular weight excluding hydrogens is 112 g/mol. The molecule has 9 heavy (non-hydrogen) atoms. The van der Waals surface area contributed by atoms with E-state index in [1.165, 1.54) is 12.0 Å². The Bertz CT molecular complexity index is 116. The van der Waals surface area contributed by atoms with Crippen LogP contribution in [0.25, 0.3) is 0 Å². The maximum absolute atomic E-state index is 8.78. The van der Waals surface area contributed by atoms with Crippen molar-refractivity contribution in [2.75, 3.05) is 6.61 Å². The lowest BCUT2D eigenvalue weighted by atomic mass is 9.90. The maximum atomic E-state index is 8.78. The van der Waals surface area contributed by atoms with Crippen molar-refractivity contribution in [3.63, 3.8) is 0 Å². The third kappa shape index (κ3) is 1.83. The average Bonchev–Trinajstić information content (AvgIpc) is 1.88. The molecule has 52 valence electrons. The fourth-order valence-corrected chi connectivity index (χ4v) is 1.36. The second-order valence-electron chi connectivity index (χ2n) is 2.88. The zero-order valence-corrected chi connectivity index (χ0v) is 5.93. The van der Waals surface area contributed by atoms with Crippen LogP contribution in [0.3, 0.4) is 0 Å². The highest BCUT2D eigenvalue weighted by Crippen LogP contribution is 2.22. The van der Waals surface area contributed by atoms with E-state index >= 15 is 0 Å². The molecule has 0 heterocycles. The number of hydrogen-bond donors (Lipinski definition) is 1. The smallest absolute Gasteiger partial charge is 0.0462 e. The number of rotatable bonds is 1. The van der Waals surface area contributed by atoms with Crippen molar-refractivity contribution in [1.82, 2.24) is 0 Å². The standard InChI is InChI=1S/C8H14O/c1-7-3-2-4-8(5-7)6-9/h3,8-9H,2,4-6H2,1H3. The van der Waals surface area contributed by atoms with Gasteiger partial charge in [-0.3, -0.25) is 0 Å². The summed E-state index contributed by atoms with van der Waals surface area (Å²) >= 11 is 0. The second-order valence-corrected chi connectivity index (χ2v) is 2.88. The van der Waals surface area contributed by atoms with Crippen molar-refractivity contribution in [3.8, 4) is 0 Å². The van der Waals surface area contributed by atoms with Crippen molar-refractivity contribution in [2.45, 2.75) is 26.2 Å². The van der Waals surface area contributed by atoms with Crippen LogP contribution in [0.15, 0.2) is 11.6 Å². The summed E-state index contributed by atoms with van der Waals surface area (Å²) in [5, 5.41) is 8.78. The van der Waals surface area contributed by atoms with Crippen LogP contribution >= 0.6 is 0 Å². The van der Waals surface area contributed by atoms with E-state index in [4.69, 9.17) is 5.11 Å². The van der Waals surface area contributed by atoms with Crippen LogP contribution in [0.1, 0.15) is 26.2 Å². The third-order valence-electron chi connectivity index (χ3n) is 1.94. The fraction of sp³-hybridized carbons (Fsp3) is 0.750. The normalized spacial score (nSPS) is 27.8. The summed E-state index contributed by atoms with van der Waals surface area (Å²) in [6.45, 7) is 2.51. The van der Waals surface area contributed by atoms with E-state index in [1.54, 1.807) is 0 Å². The fourth-order valence-electron chi connectivity index (χ4n) is 1.36. The van der Waals surface area contributed by atoms with E-state index in [0.717, 1.165) is 12.8 Å². The Labute approximate surface area is 56.4 Å².